The molecular weight excluding hydrogens is 302 g/mol. The Hall–Kier alpha value is -1.30. The summed E-state index contributed by atoms with van der Waals surface area (Å²) in [6.07, 6.45) is 5.11. The summed E-state index contributed by atoms with van der Waals surface area (Å²) in [7, 11) is 3.51. The van der Waals surface area contributed by atoms with Gasteiger partial charge in [-0.2, -0.15) is 0 Å². The van der Waals surface area contributed by atoms with Crippen molar-refractivity contribution in [3.05, 3.63) is 0 Å². The first-order valence-electron chi connectivity index (χ1n) is 9.36. The fraction of sp³-hybridized carbons (Fsp3) is 0.889. The van der Waals surface area contributed by atoms with E-state index in [1.165, 1.54) is 32.4 Å². The molecule has 6 heteroatoms. The van der Waals surface area contributed by atoms with Gasteiger partial charge in [-0.05, 0) is 45.2 Å². The molecule has 1 heterocycles. The van der Waals surface area contributed by atoms with E-state index in [1.54, 1.807) is 19.0 Å². The van der Waals surface area contributed by atoms with Crippen molar-refractivity contribution in [2.45, 2.75) is 52.5 Å². The van der Waals surface area contributed by atoms with Crippen molar-refractivity contribution < 1.29 is 4.79 Å². The number of likely N-dealkylation sites (tertiary alicyclic amines) is 1. The maximum absolute atomic E-state index is 11.7. The predicted octanol–water partition coefficient (Wildman–Crippen LogP) is 1.53. The topological polar surface area (TPSA) is 60.0 Å². The molecule has 0 bridgehead atoms. The van der Waals surface area contributed by atoms with Crippen LogP contribution in [0.3, 0.4) is 0 Å². The van der Waals surface area contributed by atoms with Gasteiger partial charge in [0.2, 0.25) is 5.91 Å². The number of piperidine rings is 1. The van der Waals surface area contributed by atoms with Crippen LogP contribution in [-0.2, 0) is 4.79 Å². The summed E-state index contributed by atoms with van der Waals surface area (Å²) in [5.74, 6) is 1.29. The minimum atomic E-state index is 0.0160. The molecule has 1 amide bonds. The molecule has 1 unspecified atom stereocenters. The number of nitrogens with one attached hydrogen (secondary N) is 2. The van der Waals surface area contributed by atoms with E-state index in [0.717, 1.165) is 25.5 Å². The first kappa shape index (κ1) is 20.7. The highest BCUT2D eigenvalue weighted by Crippen LogP contribution is 2.13. The lowest BCUT2D eigenvalue weighted by molar-refractivity contribution is -0.127. The Morgan fingerprint density at radius 2 is 1.79 bits per heavy atom. The van der Waals surface area contributed by atoms with Gasteiger partial charge in [-0.25, -0.2) is 4.99 Å². The molecule has 2 N–H and O–H groups in total. The molecule has 6 nitrogen and oxygen atoms in total. The van der Waals surface area contributed by atoms with Gasteiger partial charge in [0.25, 0.3) is 0 Å². The molecular formula is C18H37N5O. The molecule has 0 saturated carbocycles. The quantitative estimate of drug-likeness (QED) is 0.520. The van der Waals surface area contributed by atoms with Crippen LogP contribution in [0.2, 0.25) is 0 Å². The van der Waals surface area contributed by atoms with Gasteiger partial charge < -0.3 is 20.4 Å². The van der Waals surface area contributed by atoms with Gasteiger partial charge in [-0.1, -0.05) is 20.3 Å². The van der Waals surface area contributed by atoms with Crippen LogP contribution in [0.25, 0.3) is 0 Å². The van der Waals surface area contributed by atoms with Gasteiger partial charge in [0.15, 0.2) is 5.96 Å². The molecule has 1 rings (SSSR count). The lowest BCUT2D eigenvalue weighted by Crippen LogP contribution is -2.43. The average molecular weight is 340 g/mol. The van der Waals surface area contributed by atoms with Crippen molar-refractivity contribution in [2.24, 2.45) is 10.9 Å². The fourth-order valence-corrected chi connectivity index (χ4v) is 2.70. The number of carbonyl (C=O) groups excluding carboxylic acids is 1. The molecule has 0 aromatic carbocycles. The van der Waals surface area contributed by atoms with E-state index in [9.17, 15) is 4.79 Å². The first-order valence-corrected chi connectivity index (χ1v) is 9.36. The molecule has 1 aliphatic rings. The molecule has 140 valence electrons. The van der Waals surface area contributed by atoms with Crippen LogP contribution < -0.4 is 10.6 Å². The van der Waals surface area contributed by atoms with Crippen LogP contribution in [-0.4, -0.2) is 74.5 Å². The highest BCUT2D eigenvalue weighted by molar-refractivity contribution is 5.84. The van der Waals surface area contributed by atoms with Crippen LogP contribution >= 0.6 is 0 Å². The SMILES string of the molecule is CC(C)CNC(=NCC(=O)N(C)C)NCCC(C)N1CCCCC1. The van der Waals surface area contributed by atoms with Gasteiger partial charge in [0.1, 0.15) is 6.54 Å². The Bertz CT molecular complexity index is 389. The third-order valence-corrected chi connectivity index (χ3v) is 4.42. The summed E-state index contributed by atoms with van der Waals surface area (Å²) in [6.45, 7) is 11.0. The predicted molar refractivity (Wildman–Crippen MR) is 101 cm³/mol. The highest BCUT2D eigenvalue weighted by Gasteiger charge is 2.16. The number of guanidine groups is 1. The van der Waals surface area contributed by atoms with Crippen LogP contribution in [0.5, 0.6) is 0 Å². The molecule has 1 aliphatic heterocycles. The number of hydrogen-bond donors (Lipinski definition) is 2. The smallest absolute Gasteiger partial charge is 0.243 e. The second-order valence-corrected chi connectivity index (χ2v) is 7.39. The Balaban J connectivity index is 2.42. The summed E-state index contributed by atoms with van der Waals surface area (Å²) in [4.78, 5) is 20.3. The zero-order valence-electron chi connectivity index (χ0n) is 16.3. The first-order chi connectivity index (χ1) is 11.4. The Kier molecular flexibility index (Phi) is 9.76. The average Bonchev–Trinajstić information content (AvgIpc) is 2.56. The number of likely N-dealkylation sites (N-methyl/N-ethyl adjacent to an activating group) is 1. The van der Waals surface area contributed by atoms with Crippen molar-refractivity contribution in [3.63, 3.8) is 0 Å². The summed E-state index contributed by atoms with van der Waals surface area (Å²) < 4.78 is 0. The van der Waals surface area contributed by atoms with Gasteiger partial charge in [0, 0.05) is 33.2 Å². The maximum atomic E-state index is 11.7. The minimum Gasteiger partial charge on any atom is -0.356 e. The van der Waals surface area contributed by atoms with E-state index >= 15 is 0 Å². The molecule has 1 fully saturated rings. The second-order valence-electron chi connectivity index (χ2n) is 7.39. The van der Waals surface area contributed by atoms with E-state index in [1.807, 2.05) is 0 Å². The van der Waals surface area contributed by atoms with Crippen molar-refractivity contribution in [2.75, 3.05) is 46.8 Å². The monoisotopic (exact) mass is 339 g/mol. The lowest BCUT2D eigenvalue weighted by atomic mass is 10.1. The molecule has 1 saturated heterocycles. The third kappa shape index (κ3) is 8.52. The molecule has 1 atom stereocenters. The maximum Gasteiger partial charge on any atom is 0.243 e. The zero-order chi connectivity index (χ0) is 17.9. The second kappa shape index (κ2) is 11.3. The summed E-state index contributed by atoms with van der Waals surface area (Å²) in [6, 6.07) is 0.590. The van der Waals surface area contributed by atoms with Gasteiger partial charge in [-0.3, -0.25) is 4.79 Å². The van der Waals surface area contributed by atoms with Gasteiger partial charge >= 0.3 is 0 Å². The minimum absolute atomic E-state index is 0.0160. The van der Waals surface area contributed by atoms with Gasteiger partial charge in [0.05, 0.1) is 0 Å². The summed E-state index contributed by atoms with van der Waals surface area (Å²) in [5.41, 5.74) is 0. The van der Waals surface area contributed by atoms with E-state index in [0.29, 0.717) is 12.0 Å². The zero-order valence-corrected chi connectivity index (χ0v) is 16.3. The van der Waals surface area contributed by atoms with E-state index in [-0.39, 0.29) is 12.5 Å². The molecule has 0 aromatic rings. The Morgan fingerprint density at radius 3 is 2.38 bits per heavy atom. The Labute approximate surface area is 148 Å². The van der Waals surface area contributed by atoms with Crippen molar-refractivity contribution >= 4 is 11.9 Å². The summed E-state index contributed by atoms with van der Waals surface area (Å²) >= 11 is 0. The molecule has 0 aromatic heterocycles. The number of aliphatic imine (C=N–C) groups is 1. The van der Waals surface area contributed by atoms with Gasteiger partial charge in [-0.15, -0.1) is 0 Å². The van der Waals surface area contributed by atoms with Crippen molar-refractivity contribution in [1.29, 1.82) is 0 Å². The molecule has 24 heavy (non-hydrogen) atoms. The van der Waals surface area contributed by atoms with Crippen LogP contribution in [0.1, 0.15) is 46.5 Å². The third-order valence-electron chi connectivity index (χ3n) is 4.42. The summed E-state index contributed by atoms with van der Waals surface area (Å²) in [5, 5.41) is 6.70. The van der Waals surface area contributed by atoms with Crippen molar-refractivity contribution in [3.8, 4) is 0 Å². The normalized spacial score (nSPS) is 17.7. The largest absolute Gasteiger partial charge is 0.356 e. The van der Waals surface area contributed by atoms with Crippen LogP contribution in [0.4, 0.5) is 0 Å². The number of amides is 1. The molecule has 0 spiro atoms. The molecule has 0 radical (unpaired) electrons. The van der Waals surface area contributed by atoms with Crippen molar-refractivity contribution in [1.82, 2.24) is 20.4 Å². The number of carbonyl (C=O) groups is 1. The Morgan fingerprint density at radius 1 is 1.12 bits per heavy atom. The standard InChI is InChI=1S/C18H37N5O/c1-15(2)13-20-18(21-14-17(24)22(4)5)19-10-9-16(3)23-11-7-6-8-12-23/h15-16H,6-14H2,1-5H3,(H2,19,20,21). The van der Waals surface area contributed by atoms with Crippen LogP contribution in [0, 0.1) is 5.92 Å². The number of nitrogens with zero attached hydrogens (tertiary/aromatic N) is 3. The van der Waals surface area contributed by atoms with E-state index < -0.39 is 0 Å². The number of hydrogen-bond acceptors (Lipinski definition) is 3. The van der Waals surface area contributed by atoms with Crippen LogP contribution in [0.15, 0.2) is 4.99 Å². The lowest BCUT2D eigenvalue weighted by Gasteiger charge is -2.32. The number of rotatable bonds is 8. The highest BCUT2D eigenvalue weighted by atomic mass is 16.2. The van der Waals surface area contributed by atoms with E-state index in [2.05, 4.69) is 41.3 Å². The molecule has 0 aliphatic carbocycles. The fourth-order valence-electron chi connectivity index (χ4n) is 2.70. The van der Waals surface area contributed by atoms with E-state index in [4.69, 9.17) is 0 Å².